The lowest BCUT2D eigenvalue weighted by Crippen LogP contribution is -2.47. The number of nitrogens with two attached hydrogens (primary N) is 1. The van der Waals surface area contributed by atoms with E-state index in [0.29, 0.717) is 0 Å². The van der Waals surface area contributed by atoms with Gasteiger partial charge in [0.15, 0.2) is 5.78 Å². The molecule has 0 saturated heterocycles. The smallest absolute Gasteiger partial charge is 0.408 e. The summed E-state index contributed by atoms with van der Waals surface area (Å²) in [4.78, 5) is 24.7. The number of Topliss-reactive ketones (excluding diaryl/α,β-unsaturated/α-hetero) is 1. The summed E-state index contributed by atoms with van der Waals surface area (Å²) in [5.74, 6) is -0.433. The Morgan fingerprint density at radius 2 is 1.54 bits per heavy atom. The first-order valence-electron chi connectivity index (χ1n) is 8.68. The number of carbonyl (C=O) groups is 2. The number of nitrogens with one attached hydrogen (secondary N) is 1. The highest BCUT2D eigenvalue weighted by Gasteiger charge is 2.25. The van der Waals surface area contributed by atoms with Gasteiger partial charge in [-0.05, 0) is 45.0 Å². The van der Waals surface area contributed by atoms with Crippen molar-refractivity contribution in [3.05, 3.63) is 60.2 Å². The Morgan fingerprint density at radius 3 is 2.04 bits per heavy atom. The minimum Gasteiger partial charge on any atom is -0.444 e. The highest BCUT2D eigenvalue weighted by Crippen LogP contribution is 2.21. The maximum Gasteiger partial charge on any atom is 0.408 e. The molecule has 7 nitrogen and oxygen atoms in total. The van der Waals surface area contributed by atoms with E-state index in [-0.39, 0.29) is 21.9 Å². The minimum absolute atomic E-state index is 0.0691. The fourth-order valence-corrected chi connectivity index (χ4v) is 3.70. The number of amides is 1. The van der Waals surface area contributed by atoms with E-state index in [1.807, 2.05) is 0 Å². The molecule has 0 aliphatic carbocycles. The van der Waals surface area contributed by atoms with Gasteiger partial charge in [-0.25, -0.2) is 13.2 Å². The van der Waals surface area contributed by atoms with Crippen LogP contribution in [-0.2, 0) is 14.6 Å². The molecule has 0 aliphatic rings. The Kier molecular flexibility index (Phi) is 6.58. The minimum atomic E-state index is -3.67. The average Bonchev–Trinajstić information content (AvgIpc) is 2.65. The van der Waals surface area contributed by atoms with Gasteiger partial charge in [-0.1, -0.05) is 30.3 Å². The third-order valence-electron chi connectivity index (χ3n) is 3.75. The number of hydrogen-bond donors (Lipinski definition) is 2. The molecule has 2 aromatic rings. The van der Waals surface area contributed by atoms with Crippen molar-refractivity contribution < 1.29 is 22.7 Å². The second kappa shape index (κ2) is 8.53. The Labute approximate surface area is 164 Å². The van der Waals surface area contributed by atoms with Gasteiger partial charge in [0.05, 0.1) is 9.79 Å². The number of hydrogen-bond acceptors (Lipinski definition) is 6. The van der Waals surface area contributed by atoms with Crippen molar-refractivity contribution in [3.63, 3.8) is 0 Å². The molecule has 8 heteroatoms. The molecule has 0 bridgehead atoms. The number of alkyl carbamates (subject to hydrolysis) is 1. The van der Waals surface area contributed by atoms with Crippen molar-refractivity contribution in [1.82, 2.24) is 5.32 Å². The van der Waals surface area contributed by atoms with Gasteiger partial charge in [-0.3, -0.25) is 4.79 Å². The van der Waals surface area contributed by atoms with Crippen molar-refractivity contribution >= 4 is 21.7 Å². The molecular formula is C20H24N2O5S. The van der Waals surface area contributed by atoms with Crippen LogP contribution in [0, 0.1) is 0 Å². The summed E-state index contributed by atoms with van der Waals surface area (Å²) in [6, 6.07) is 12.5. The van der Waals surface area contributed by atoms with Crippen LogP contribution >= 0.6 is 0 Å². The van der Waals surface area contributed by atoms with Crippen molar-refractivity contribution in [1.29, 1.82) is 0 Å². The molecule has 2 rings (SSSR count). The molecule has 0 saturated carbocycles. The third kappa shape index (κ3) is 5.40. The van der Waals surface area contributed by atoms with Crippen molar-refractivity contribution in [3.8, 4) is 0 Å². The predicted octanol–water partition coefficient (Wildman–Crippen LogP) is 2.55. The summed E-state index contributed by atoms with van der Waals surface area (Å²) in [7, 11) is -3.67. The van der Waals surface area contributed by atoms with E-state index in [1.165, 1.54) is 36.4 Å². The zero-order valence-corrected chi connectivity index (χ0v) is 16.8. The molecule has 3 N–H and O–H groups in total. The predicted molar refractivity (Wildman–Crippen MR) is 105 cm³/mol. The summed E-state index contributed by atoms with van der Waals surface area (Å²) < 4.78 is 30.3. The van der Waals surface area contributed by atoms with E-state index >= 15 is 0 Å². The third-order valence-corrected chi connectivity index (χ3v) is 5.53. The largest absolute Gasteiger partial charge is 0.444 e. The van der Waals surface area contributed by atoms with Gasteiger partial charge in [-0.15, -0.1) is 0 Å². The van der Waals surface area contributed by atoms with Gasteiger partial charge in [0.1, 0.15) is 11.6 Å². The highest BCUT2D eigenvalue weighted by molar-refractivity contribution is 7.91. The quantitative estimate of drug-likeness (QED) is 0.715. The Balaban J connectivity index is 2.17. The summed E-state index contributed by atoms with van der Waals surface area (Å²) in [5, 5.41) is 2.44. The summed E-state index contributed by atoms with van der Waals surface area (Å²) in [6.07, 6.45) is -0.750. The second-order valence-electron chi connectivity index (χ2n) is 7.14. The van der Waals surface area contributed by atoms with Crippen molar-refractivity contribution in [2.45, 2.75) is 42.2 Å². The van der Waals surface area contributed by atoms with Gasteiger partial charge < -0.3 is 15.8 Å². The van der Waals surface area contributed by atoms with E-state index in [1.54, 1.807) is 39.0 Å². The number of ether oxygens (including phenoxy) is 1. The first kappa shape index (κ1) is 21.6. The van der Waals surface area contributed by atoms with Crippen LogP contribution in [0.25, 0.3) is 0 Å². The molecule has 28 heavy (non-hydrogen) atoms. The lowest BCUT2D eigenvalue weighted by Gasteiger charge is -2.22. The zero-order valence-electron chi connectivity index (χ0n) is 16.0. The number of sulfone groups is 1. The number of rotatable bonds is 6. The van der Waals surface area contributed by atoms with Gasteiger partial charge in [0.25, 0.3) is 0 Å². The SMILES string of the molecule is CC(C)(C)OC(=O)NC(CN)C(=O)c1ccc(S(=O)(=O)c2ccccc2)cc1. The van der Waals surface area contributed by atoms with Crippen LogP contribution in [0.15, 0.2) is 64.4 Å². The molecule has 1 atom stereocenters. The fourth-order valence-electron chi connectivity index (χ4n) is 2.42. The van der Waals surface area contributed by atoms with Crippen molar-refractivity contribution in [2.75, 3.05) is 6.54 Å². The van der Waals surface area contributed by atoms with Gasteiger partial charge >= 0.3 is 6.09 Å². The van der Waals surface area contributed by atoms with Crippen LogP contribution in [0.4, 0.5) is 4.79 Å². The number of ketones is 1. The molecule has 0 spiro atoms. The average molecular weight is 404 g/mol. The zero-order chi connectivity index (χ0) is 20.9. The topological polar surface area (TPSA) is 116 Å². The molecule has 1 unspecified atom stereocenters. The summed E-state index contributed by atoms with van der Waals surface area (Å²) in [5.41, 5.74) is 5.14. The first-order chi connectivity index (χ1) is 13.0. The summed E-state index contributed by atoms with van der Waals surface area (Å²) in [6.45, 7) is 5.00. The van der Waals surface area contributed by atoms with Gasteiger partial charge in [0, 0.05) is 12.1 Å². The molecule has 0 aromatic heterocycles. The van der Waals surface area contributed by atoms with Crippen LogP contribution < -0.4 is 11.1 Å². The van der Waals surface area contributed by atoms with Crippen LogP contribution in [0.3, 0.4) is 0 Å². The van der Waals surface area contributed by atoms with E-state index in [4.69, 9.17) is 10.5 Å². The fraction of sp³-hybridized carbons (Fsp3) is 0.300. The van der Waals surface area contributed by atoms with E-state index < -0.39 is 33.4 Å². The Hall–Kier alpha value is -2.71. The Bertz CT molecular complexity index is 933. The van der Waals surface area contributed by atoms with E-state index in [0.717, 1.165) is 0 Å². The van der Waals surface area contributed by atoms with Crippen LogP contribution in [-0.4, -0.2) is 38.5 Å². The second-order valence-corrected chi connectivity index (χ2v) is 9.09. The van der Waals surface area contributed by atoms with E-state index in [9.17, 15) is 18.0 Å². The Morgan fingerprint density at radius 1 is 1.00 bits per heavy atom. The first-order valence-corrected chi connectivity index (χ1v) is 10.2. The maximum atomic E-state index is 12.6. The molecule has 0 heterocycles. The van der Waals surface area contributed by atoms with Crippen LogP contribution in [0.2, 0.25) is 0 Å². The van der Waals surface area contributed by atoms with Gasteiger partial charge in [0.2, 0.25) is 9.84 Å². The molecular weight excluding hydrogens is 380 g/mol. The molecule has 150 valence electrons. The molecule has 0 radical (unpaired) electrons. The normalized spacial score (nSPS) is 12.9. The standard InChI is InChI=1S/C20H24N2O5S/c1-20(2,3)27-19(24)22-17(13-21)18(23)14-9-11-16(12-10-14)28(25,26)15-7-5-4-6-8-15/h4-12,17H,13,21H2,1-3H3,(H,22,24). The lowest BCUT2D eigenvalue weighted by molar-refractivity contribution is 0.0493. The molecule has 1 amide bonds. The molecule has 2 aromatic carbocycles. The van der Waals surface area contributed by atoms with Crippen LogP contribution in [0.1, 0.15) is 31.1 Å². The lowest BCUT2D eigenvalue weighted by atomic mass is 10.0. The van der Waals surface area contributed by atoms with E-state index in [2.05, 4.69) is 5.32 Å². The summed E-state index contributed by atoms with van der Waals surface area (Å²) >= 11 is 0. The van der Waals surface area contributed by atoms with Gasteiger partial charge in [-0.2, -0.15) is 0 Å². The van der Waals surface area contributed by atoms with Crippen molar-refractivity contribution in [2.24, 2.45) is 5.73 Å². The number of benzene rings is 2. The monoisotopic (exact) mass is 404 g/mol. The number of carbonyl (C=O) groups excluding carboxylic acids is 2. The highest BCUT2D eigenvalue weighted by atomic mass is 32.2. The molecule has 0 aliphatic heterocycles. The van der Waals surface area contributed by atoms with Crippen LogP contribution in [0.5, 0.6) is 0 Å². The maximum absolute atomic E-state index is 12.6. The molecule has 0 fully saturated rings.